The van der Waals surface area contributed by atoms with Gasteiger partial charge in [-0.1, -0.05) is 37.6 Å². The summed E-state index contributed by atoms with van der Waals surface area (Å²) in [5.74, 6) is 0.973. The summed E-state index contributed by atoms with van der Waals surface area (Å²) in [6.07, 6.45) is 1.43. The number of thioether (sulfide) groups is 1. The first-order valence-electron chi connectivity index (χ1n) is 7.31. The zero-order valence-electron chi connectivity index (χ0n) is 13.0. The average molecular weight is 363 g/mol. The highest BCUT2D eigenvalue weighted by atomic mass is 35.5. The second kappa shape index (κ2) is 8.44. The Morgan fingerprint density at radius 2 is 2.14 bits per heavy atom. The lowest BCUT2D eigenvalue weighted by Crippen LogP contribution is -2.54. The van der Waals surface area contributed by atoms with Crippen LogP contribution < -0.4 is 5.73 Å². The first-order valence-corrected chi connectivity index (χ1v) is 8.67. The fourth-order valence-electron chi connectivity index (χ4n) is 2.55. The number of hydrogen-bond acceptors (Lipinski definition) is 3. The van der Waals surface area contributed by atoms with Crippen LogP contribution in [-0.4, -0.2) is 35.7 Å². The number of rotatable bonds is 4. The fourth-order valence-corrected chi connectivity index (χ4v) is 3.73. The first-order chi connectivity index (χ1) is 9.90. The molecule has 1 atom stereocenters. The summed E-state index contributed by atoms with van der Waals surface area (Å²) < 4.78 is 0. The van der Waals surface area contributed by atoms with Crippen LogP contribution in [0.2, 0.25) is 5.02 Å². The molecule has 124 valence electrons. The second-order valence-corrected chi connectivity index (χ2v) is 7.77. The average Bonchev–Trinajstić information content (AvgIpc) is 2.43. The largest absolute Gasteiger partial charge is 0.342 e. The minimum absolute atomic E-state index is 0. The number of carbonyl (C=O) groups excluding carboxylic acids is 1. The third-order valence-corrected chi connectivity index (χ3v) is 5.59. The summed E-state index contributed by atoms with van der Waals surface area (Å²) in [6.45, 7) is 5.80. The molecule has 0 spiro atoms. The molecule has 3 nitrogen and oxygen atoms in total. The molecule has 1 aromatic carbocycles. The van der Waals surface area contributed by atoms with Gasteiger partial charge in [0, 0.05) is 36.2 Å². The third-order valence-electron chi connectivity index (χ3n) is 4.08. The highest BCUT2D eigenvalue weighted by Crippen LogP contribution is 2.29. The lowest BCUT2D eigenvalue weighted by molar-refractivity contribution is -0.134. The Morgan fingerprint density at radius 3 is 2.77 bits per heavy atom. The van der Waals surface area contributed by atoms with Gasteiger partial charge in [-0.25, -0.2) is 0 Å². The molecule has 1 heterocycles. The van der Waals surface area contributed by atoms with Gasteiger partial charge in [0.25, 0.3) is 0 Å². The Balaban J connectivity index is 0.00000242. The molecule has 0 saturated carbocycles. The Hall–Kier alpha value is -0.420. The van der Waals surface area contributed by atoms with Gasteiger partial charge in [-0.2, -0.15) is 0 Å². The molecule has 2 rings (SSSR count). The summed E-state index contributed by atoms with van der Waals surface area (Å²) in [5, 5.41) is 0.750. The van der Waals surface area contributed by atoms with Gasteiger partial charge in [0.2, 0.25) is 5.91 Å². The lowest BCUT2D eigenvalue weighted by Gasteiger charge is -2.42. The predicted octanol–water partition coefficient (Wildman–Crippen LogP) is 3.83. The molecule has 1 unspecified atom stereocenters. The number of nitrogens with two attached hydrogens (primary N) is 1. The quantitative estimate of drug-likeness (QED) is 0.827. The SMILES string of the molecule is CC1(C)CN(C(=O)CCSc2ccccc2Cl)CCC1N.Cl. The summed E-state index contributed by atoms with van der Waals surface area (Å²) in [5.41, 5.74) is 6.11. The number of carbonyl (C=O) groups is 1. The Bertz CT molecular complexity index is 511. The van der Waals surface area contributed by atoms with Crippen LogP contribution >= 0.6 is 35.8 Å². The molecule has 22 heavy (non-hydrogen) atoms. The first kappa shape index (κ1) is 19.6. The summed E-state index contributed by atoms with van der Waals surface area (Å²) in [6, 6.07) is 7.92. The number of hydrogen-bond donors (Lipinski definition) is 1. The minimum atomic E-state index is 0. The van der Waals surface area contributed by atoms with E-state index in [1.165, 1.54) is 0 Å². The van der Waals surface area contributed by atoms with E-state index in [-0.39, 0.29) is 29.8 Å². The normalized spacial score (nSPS) is 20.4. The highest BCUT2D eigenvalue weighted by Gasteiger charge is 2.34. The number of piperidine rings is 1. The molecule has 6 heteroatoms. The Labute approximate surface area is 148 Å². The molecule has 1 aliphatic heterocycles. The van der Waals surface area contributed by atoms with E-state index in [4.69, 9.17) is 17.3 Å². The van der Waals surface area contributed by atoms with Crippen LogP contribution in [0.25, 0.3) is 0 Å². The monoisotopic (exact) mass is 362 g/mol. The maximum Gasteiger partial charge on any atom is 0.223 e. The molecule has 2 N–H and O–H groups in total. The molecule has 0 aromatic heterocycles. The number of halogens is 2. The standard InChI is InChI=1S/C16H23ClN2OS.ClH/c1-16(2)11-19(9-7-14(16)18)15(20)8-10-21-13-6-4-3-5-12(13)17;/h3-6,14H,7-11,18H2,1-2H3;1H. The third kappa shape index (κ3) is 5.05. The van der Waals surface area contributed by atoms with Gasteiger partial charge in [-0.3, -0.25) is 4.79 Å². The van der Waals surface area contributed by atoms with Gasteiger partial charge < -0.3 is 10.6 Å². The van der Waals surface area contributed by atoms with Crippen LogP contribution in [0.1, 0.15) is 26.7 Å². The number of amides is 1. The minimum Gasteiger partial charge on any atom is -0.342 e. The van der Waals surface area contributed by atoms with Crippen LogP contribution in [0, 0.1) is 5.41 Å². The molecule has 1 saturated heterocycles. The molecule has 1 fully saturated rings. The maximum absolute atomic E-state index is 12.3. The highest BCUT2D eigenvalue weighted by molar-refractivity contribution is 7.99. The van der Waals surface area contributed by atoms with E-state index in [2.05, 4.69) is 13.8 Å². The Kier molecular flexibility index (Phi) is 7.53. The van der Waals surface area contributed by atoms with Crippen molar-refractivity contribution in [1.82, 2.24) is 4.90 Å². The molecule has 1 aliphatic rings. The van der Waals surface area contributed by atoms with Gasteiger partial charge >= 0.3 is 0 Å². The van der Waals surface area contributed by atoms with Crippen LogP contribution in [0.4, 0.5) is 0 Å². The van der Waals surface area contributed by atoms with E-state index in [1.54, 1.807) is 11.8 Å². The van der Waals surface area contributed by atoms with E-state index in [0.717, 1.165) is 35.2 Å². The Morgan fingerprint density at radius 1 is 1.45 bits per heavy atom. The van der Waals surface area contributed by atoms with Gasteiger partial charge in [-0.15, -0.1) is 24.2 Å². The van der Waals surface area contributed by atoms with E-state index < -0.39 is 0 Å². The van der Waals surface area contributed by atoms with Gasteiger partial charge in [0.05, 0.1) is 5.02 Å². The number of likely N-dealkylation sites (tertiary alicyclic amines) is 1. The summed E-state index contributed by atoms with van der Waals surface area (Å²) in [4.78, 5) is 15.3. The fraction of sp³-hybridized carbons (Fsp3) is 0.562. The van der Waals surface area contributed by atoms with Crippen LogP contribution in [0.5, 0.6) is 0 Å². The summed E-state index contributed by atoms with van der Waals surface area (Å²) in [7, 11) is 0. The molecule has 0 aliphatic carbocycles. The predicted molar refractivity (Wildman–Crippen MR) is 97.0 cm³/mol. The maximum atomic E-state index is 12.3. The van der Waals surface area contributed by atoms with Crippen molar-refractivity contribution in [3.05, 3.63) is 29.3 Å². The van der Waals surface area contributed by atoms with Crippen molar-refractivity contribution in [2.45, 2.75) is 37.6 Å². The molecule has 1 amide bonds. The lowest BCUT2D eigenvalue weighted by atomic mass is 9.79. The van der Waals surface area contributed by atoms with Crippen molar-refractivity contribution in [2.75, 3.05) is 18.8 Å². The zero-order valence-corrected chi connectivity index (χ0v) is 15.4. The zero-order chi connectivity index (χ0) is 15.5. The topological polar surface area (TPSA) is 46.3 Å². The van der Waals surface area contributed by atoms with Crippen molar-refractivity contribution in [2.24, 2.45) is 11.1 Å². The van der Waals surface area contributed by atoms with Crippen LogP contribution in [0.15, 0.2) is 29.2 Å². The smallest absolute Gasteiger partial charge is 0.223 e. The van der Waals surface area contributed by atoms with E-state index in [0.29, 0.717) is 6.42 Å². The van der Waals surface area contributed by atoms with Crippen LogP contribution in [-0.2, 0) is 4.79 Å². The second-order valence-electron chi connectivity index (χ2n) is 6.23. The molecular formula is C16H24Cl2N2OS. The van der Waals surface area contributed by atoms with E-state index in [9.17, 15) is 4.79 Å². The van der Waals surface area contributed by atoms with Crippen molar-refractivity contribution in [3.8, 4) is 0 Å². The molecule has 0 radical (unpaired) electrons. The van der Waals surface area contributed by atoms with Crippen molar-refractivity contribution in [3.63, 3.8) is 0 Å². The summed E-state index contributed by atoms with van der Waals surface area (Å²) >= 11 is 7.75. The number of nitrogens with zero attached hydrogens (tertiary/aromatic N) is 1. The van der Waals surface area contributed by atoms with Crippen molar-refractivity contribution in [1.29, 1.82) is 0 Å². The van der Waals surface area contributed by atoms with E-state index >= 15 is 0 Å². The number of benzene rings is 1. The van der Waals surface area contributed by atoms with Crippen molar-refractivity contribution >= 4 is 41.7 Å². The van der Waals surface area contributed by atoms with Gasteiger partial charge in [0.15, 0.2) is 0 Å². The van der Waals surface area contributed by atoms with E-state index in [1.807, 2.05) is 29.2 Å². The molecule has 1 aromatic rings. The van der Waals surface area contributed by atoms with Crippen molar-refractivity contribution < 1.29 is 4.79 Å². The molecular weight excluding hydrogens is 339 g/mol. The van der Waals surface area contributed by atoms with Gasteiger partial charge in [0.1, 0.15) is 0 Å². The van der Waals surface area contributed by atoms with Crippen LogP contribution in [0.3, 0.4) is 0 Å². The van der Waals surface area contributed by atoms with Gasteiger partial charge in [-0.05, 0) is 24.0 Å². The molecule has 0 bridgehead atoms.